The summed E-state index contributed by atoms with van der Waals surface area (Å²) < 4.78 is 18.1. The van der Waals surface area contributed by atoms with Crippen molar-refractivity contribution in [1.29, 1.82) is 0 Å². The van der Waals surface area contributed by atoms with E-state index >= 15 is 0 Å². The van der Waals surface area contributed by atoms with E-state index in [9.17, 15) is 14.7 Å². The van der Waals surface area contributed by atoms with Crippen LogP contribution in [0.3, 0.4) is 0 Å². The van der Waals surface area contributed by atoms with Crippen molar-refractivity contribution in [1.82, 2.24) is 9.55 Å². The number of rotatable bonds is 2. The molecule has 0 spiro atoms. The minimum atomic E-state index is -0.962. The SMILES string of the molecule is CC1(C)OC2C(CO)OC(n3c(N)c(N)c(=O)[nH]c3=O)C2O1. The third-order valence-corrected chi connectivity index (χ3v) is 3.78. The fourth-order valence-electron chi connectivity index (χ4n) is 2.85. The molecule has 0 saturated carbocycles. The molecule has 1 aromatic heterocycles. The Kier molecular flexibility index (Phi) is 3.29. The highest BCUT2D eigenvalue weighted by atomic mass is 16.8. The maximum Gasteiger partial charge on any atom is 0.332 e. The molecule has 6 N–H and O–H groups in total. The zero-order valence-corrected chi connectivity index (χ0v) is 12.1. The lowest BCUT2D eigenvalue weighted by molar-refractivity contribution is -0.200. The monoisotopic (exact) mass is 314 g/mol. The van der Waals surface area contributed by atoms with Gasteiger partial charge in [-0.15, -0.1) is 0 Å². The number of H-pyrrole nitrogens is 1. The van der Waals surface area contributed by atoms with E-state index in [0.29, 0.717) is 0 Å². The summed E-state index contributed by atoms with van der Waals surface area (Å²) in [5.41, 5.74) is 9.53. The van der Waals surface area contributed by atoms with Gasteiger partial charge in [-0.05, 0) is 13.8 Å². The number of nitrogens with one attached hydrogen (secondary N) is 1. The standard InChI is InChI=1S/C12H18N4O6/c1-12(2)21-6-4(3-17)20-10(7(6)22-12)16-8(14)5(13)9(18)15-11(16)19/h4,6-7,10,17H,3,13-14H2,1-2H3,(H,15,18,19). The summed E-state index contributed by atoms with van der Waals surface area (Å²) in [6.45, 7) is 3.11. The lowest BCUT2D eigenvalue weighted by atomic mass is 10.1. The van der Waals surface area contributed by atoms with Crippen LogP contribution < -0.4 is 22.7 Å². The second-order valence-corrected chi connectivity index (χ2v) is 5.74. The average molecular weight is 314 g/mol. The number of hydrogen-bond donors (Lipinski definition) is 4. The highest BCUT2D eigenvalue weighted by Gasteiger charge is 2.56. The second kappa shape index (κ2) is 4.81. The maximum atomic E-state index is 12.1. The number of aliphatic hydroxyl groups excluding tert-OH is 1. The van der Waals surface area contributed by atoms with Gasteiger partial charge in [0.05, 0.1) is 6.61 Å². The molecule has 0 aliphatic carbocycles. The van der Waals surface area contributed by atoms with Gasteiger partial charge in [0, 0.05) is 0 Å². The Morgan fingerprint density at radius 1 is 1.27 bits per heavy atom. The molecule has 2 aliphatic rings. The Labute approximate surface area is 124 Å². The van der Waals surface area contributed by atoms with E-state index in [2.05, 4.69) is 4.98 Å². The number of nitrogen functional groups attached to an aromatic ring is 2. The molecule has 0 aromatic carbocycles. The molecule has 0 bridgehead atoms. The number of anilines is 2. The molecule has 3 rings (SSSR count). The van der Waals surface area contributed by atoms with Crippen molar-refractivity contribution in [3.63, 3.8) is 0 Å². The van der Waals surface area contributed by atoms with Gasteiger partial charge >= 0.3 is 5.69 Å². The van der Waals surface area contributed by atoms with Crippen molar-refractivity contribution in [2.24, 2.45) is 0 Å². The number of aliphatic hydroxyl groups is 1. The first-order chi connectivity index (χ1) is 10.2. The zero-order chi connectivity index (χ0) is 16.2. The topological polar surface area (TPSA) is 155 Å². The molecule has 0 radical (unpaired) electrons. The van der Waals surface area contributed by atoms with E-state index in [4.69, 9.17) is 25.7 Å². The Morgan fingerprint density at radius 2 is 1.91 bits per heavy atom. The van der Waals surface area contributed by atoms with Crippen LogP contribution in [0.25, 0.3) is 0 Å². The lowest BCUT2D eigenvalue weighted by Gasteiger charge is -2.25. The minimum Gasteiger partial charge on any atom is -0.394 e. The highest BCUT2D eigenvalue weighted by molar-refractivity contribution is 5.56. The fourth-order valence-corrected chi connectivity index (χ4v) is 2.85. The molecule has 3 heterocycles. The molecule has 10 heteroatoms. The number of nitrogens with two attached hydrogens (primary N) is 2. The first kappa shape index (κ1) is 15.0. The van der Waals surface area contributed by atoms with Crippen molar-refractivity contribution in [3.8, 4) is 0 Å². The highest BCUT2D eigenvalue weighted by Crippen LogP contribution is 2.43. The molecule has 2 fully saturated rings. The van der Waals surface area contributed by atoms with Crippen molar-refractivity contribution >= 4 is 11.5 Å². The van der Waals surface area contributed by atoms with E-state index in [0.717, 1.165) is 4.57 Å². The average Bonchev–Trinajstić information content (AvgIpc) is 2.90. The smallest absolute Gasteiger partial charge is 0.332 e. The van der Waals surface area contributed by atoms with Crippen LogP contribution in [-0.4, -0.2) is 45.4 Å². The van der Waals surface area contributed by atoms with Crippen molar-refractivity contribution in [3.05, 3.63) is 20.8 Å². The normalized spacial score (nSPS) is 33.0. The number of hydrogen-bond acceptors (Lipinski definition) is 8. The van der Waals surface area contributed by atoms with Crippen LogP contribution in [0.1, 0.15) is 20.1 Å². The van der Waals surface area contributed by atoms with Crippen molar-refractivity contribution in [2.75, 3.05) is 18.1 Å². The first-order valence-electron chi connectivity index (χ1n) is 6.77. The molecule has 4 atom stereocenters. The van der Waals surface area contributed by atoms with Gasteiger partial charge in [0.15, 0.2) is 12.0 Å². The molecular formula is C12H18N4O6. The van der Waals surface area contributed by atoms with Crippen LogP contribution in [0, 0.1) is 0 Å². The van der Waals surface area contributed by atoms with E-state index < -0.39 is 41.6 Å². The summed E-state index contributed by atoms with van der Waals surface area (Å²) in [5.74, 6) is -1.11. The molecular weight excluding hydrogens is 296 g/mol. The molecule has 10 nitrogen and oxygen atoms in total. The summed E-state index contributed by atoms with van der Waals surface area (Å²) in [4.78, 5) is 25.6. The third kappa shape index (κ3) is 2.11. The Hall–Kier alpha value is -1.88. The van der Waals surface area contributed by atoms with E-state index in [1.165, 1.54) is 0 Å². The number of nitrogens with zero attached hydrogens (tertiary/aromatic N) is 1. The molecule has 1 aromatic rings. The van der Waals surface area contributed by atoms with E-state index in [1.54, 1.807) is 13.8 Å². The summed E-state index contributed by atoms with van der Waals surface area (Å²) in [6.07, 6.45) is -2.88. The fraction of sp³-hybridized carbons (Fsp3) is 0.667. The van der Waals surface area contributed by atoms with Gasteiger partial charge in [-0.25, -0.2) is 9.36 Å². The first-order valence-corrected chi connectivity index (χ1v) is 6.77. The predicted molar refractivity (Wildman–Crippen MR) is 75.0 cm³/mol. The number of aromatic nitrogens is 2. The minimum absolute atomic E-state index is 0.218. The van der Waals surface area contributed by atoms with Crippen LogP contribution in [0.4, 0.5) is 11.5 Å². The van der Waals surface area contributed by atoms with E-state index in [-0.39, 0.29) is 18.1 Å². The van der Waals surface area contributed by atoms with Crippen LogP contribution in [0.5, 0.6) is 0 Å². The zero-order valence-electron chi connectivity index (χ0n) is 12.1. The van der Waals surface area contributed by atoms with Crippen LogP contribution in [0.2, 0.25) is 0 Å². The van der Waals surface area contributed by atoms with Gasteiger partial charge in [-0.2, -0.15) is 0 Å². The Bertz CT molecular complexity index is 711. The largest absolute Gasteiger partial charge is 0.394 e. The van der Waals surface area contributed by atoms with E-state index in [1.807, 2.05) is 0 Å². The van der Waals surface area contributed by atoms with Gasteiger partial charge < -0.3 is 30.8 Å². The van der Waals surface area contributed by atoms with Gasteiger partial charge in [0.1, 0.15) is 29.8 Å². The number of aromatic amines is 1. The van der Waals surface area contributed by atoms with Gasteiger partial charge in [-0.3, -0.25) is 9.78 Å². The summed E-state index contributed by atoms with van der Waals surface area (Å²) in [7, 11) is 0. The van der Waals surface area contributed by atoms with Gasteiger partial charge in [0.2, 0.25) is 0 Å². The van der Waals surface area contributed by atoms with Crippen LogP contribution >= 0.6 is 0 Å². The van der Waals surface area contributed by atoms with Crippen molar-refractivity contribution < 1.29 is 19.3 Å². The molecule has 4 unspecified atom stereocenters. The van der Waals surface area contributed by atoms with Gasteiger partial charge in [0.25, 0.3) is 5.56 Å². The Balaban J connectivity index is 2.08. The number of ether oxygens (including phenoxy) is 3. The maximum absolute atomic E-state index is 12.1. The molecule has 122 valence electrons. The molecule has 22 heavy (non-hydrogen) atoms. The molecule has 0 amide bonds. The lowest BCUT2D eigenvalue weighted by Crippen LogP contribution is -2.40. The summed E-state index contributed by atoms with van der Waals surface area (Å²) in [5, 5.41) is 9.42. The predicted octanol–water partition coefficient (Wildman–Crippen LogP) is -1.89. The quantitative estimate of drug-likeness (QED) is 0.494. The summed E-state index contributed by atoms with van der Waals surface area (Å²) >= 11 is 0. The van der Waals surface area contributed by atoms with Gasteiger partial charge in [-0.1, -0.05) is 0 Å². The molecule has 2 saturated heterocycles. The summed E-state index contributed by atoms with van der Waals surface area (Å²) in [6, 6.07) is 0. The Morgan fingerprint density at radius 3 is 2.55 bits per heavy atom. The number of fused-ring (bicyclic) bond motifs is 1. The second-order valence-electron chi connectivity index (χ2n) is 5.74. The van der Waals surface area contributed by atoms with Crippen LogP contribution in [0.15, 0.2) is 9.59 Å². The van der Waals surface area contributed by atoms with Crippen molar-refractivity contribution in [2.45, 2.75) is 44.2 Å². The van der Waals surface area contributed by atoms with Crippen LogP contribution in [-0.2, 0) is 14.2 Å². The molecule has 2 aliphatic heterocycles. The third-order valence-electron chi connectivity index (χ3n) is 3.78.